The van der Waals surface area contributed by atoms with Gasteiger partial charge in [0.05, 0.1) is 17.7 Å². The summed E-state index contributed by atoms with van der Waals surface area (Å²) < 4.78 is 6.16. The summed E-state index contributed by atoms with van der Waals surface area (Å²) in [5, 5.41) is 10.1. The minimum atomic E-state index is -0.214. The predicted molar refractivity (Wildman–Crippen MR) is 77.0 cm³/mol. The molecule has 0 radical (unpaired) electrons. The van der Waals surface area contributed by atoms with Gasteiger partial charge in [-0.1, -0.05) is 31.7 Å². The molecule has 0 heterocycles. The van der Waals surface area contributed by atoms with Gasteiger partial charge in [-0.05, 0) is 52.4 Å². The highest BCUT2D eigenvalue weighted by Gasteiger charge is 2.19. The van der Waals surface area contributed by atoms with Crippen molar-refractivity contribution in [1.29, 1.82) is 0 Å². The second-order valence-corrected chi connectivity index (χ2v) is 6.07. The van der Waals surface area contributed by atoms with Gasteiger partial charge in [0.25, 0.3) is 0 Å². The molecule has 1 aliphatic rings. The summed E-state index contributed by atoms with van der Waals surface area (Å²) in [7, 11) is 1.66. The zero-order chi connectivity index (χ0) is 13.0. The standard InChI is InChI=1S/C15H21BrO2/c1-18-15-7-6-12(10-14(15)16)9-13(17)8-11-4-2-3-5-11/h6-7,10-11,13,17H,2-5,8-9H2,1H3. The SMILES string of the molecule is COc1ccc(CC(O)CC2CCCC2)cc1Br. The van der Waals surface area contributed by atoms with Gasteiger partial charge in [0.1, 0.15) is 5.75 Å². The molecule has 1 N–H and O–H groups in total. The molecule has 0 aliphatic heterocycles. The Balaban J connectivity index is 1.89. The molecule has 1 saturated carbocycles. The monoisotopic (exact) mass is 312 g/mol. The Morgan fingerprint density at radius 1 is 1.39 bits per heavy atom. The van der Waals surface area contributed by atoms with Gasteiger partial charge < -0.3 is 9.84 Å². The maximum absolute atomic E-state index is 10.1. The fourth-order valence-corrected chi connectivity index (χ4v) is 3.41. The summed E-state index contributed by atoms with van der Waals surface area (Å²) >= 11 is 3.48. The summed E-state index contributed by atoms with van der Waals surface area (Å²) in [6, 6.07) is 6.01. The molecule has 0 aromatic heterocycles. The zero-order valence-electron chi connectivity index (χ0n) is 10.9. The molecule has 3 heteroatoms. The average Bonchev–Trinajstić information content (AvgIpc) is 2.82. The van der Waals surface area contributed by atoms with Gasteiger partial charge in [-0.2, -0.15) is 0 Å². The van der Waals surface area contributed by atoms with E-state index in [1.807, 2.05) is 18.2 Å². The molecule has 1 fully saturated rings. The van der Waals surface area contributed by atoms with E-state index < -0.39 is 0 Å². The number of methoxy groups -OCH3 is 1. The third-order valence-corrected chi connectivity index (χ3v) is 4.39. The summed E-state index contributed by atoms with van der Waals surface area (Å²) in [6.45, 7) is 0. The molecular weight excluding hydrogens is 292 g/mol. The van der Waals surface area contributed by atoms with Crippen LogP contribution in [0.2, 0.25) is 0 Å². The van der Waals surface area contributed by atoms with Crippen molar-refractivity contribution in [3.63, 3.8) is 0 Å². The molecule has 0 amide bonds. The Kier molecular flexibility index (Phi) is 5.07. The molecule has 100 valence electrons. The molecule has 2 nitrogen and oxygen atoms in total. The summed E-state index contributed by atoms with van der Waals surface area (Å²) in [4.78, 5) is 0. The van der Waals surface area contributed by atoms with Crippen LogP contribution in [-0.2, 0) is 6.42 Å². The minimum absolute atomic E-state index is 0.214. The maximum Gasteiger partial charge on any atom is 0.133 e. The number of halogens is 1. The summed E-state index contributed by atoms with van der Waals surface area (Å²) in [5.41, 5.74) is 1.16. The van der Waals surface area contributed by atoms with Crippen LogP contribution in [0, 0.1) is 5.92 Å². The van der Waals surface area contributed by atoms with Gasteiger partial charge >= 0.3 is 0 Å². The van der Waals surface area contributed by atoms with Gasteiger partial charge in [0.15, 0.2) is 0 Å². The second-order valence-electron chi connectivity index (χ2n) is 5.21. The highest BCUT2D eigenvalue weighted by atomic mass is 79.9. The normalized spacial score (nSPS) is 17.9. The Morgan fingerprint density at radius 2 is 2.11 bits per heavy atom. The Labute approximate surface area is 117 Å². The third-order valence-electron chi connectivity index (χ3n) is 3.77. The van der Waals surface area contributed by atoms with Crippen LogP contribution >= 0.6 is 15.9 Å². The van der Waals surface area contributed by atoms with E-state index >= 15 is 0 Å². The maximum atomic E-state index is 10.1. The third kappa shape index (κ3) is 3.72. The van der Waals surface area contributed by atoms with Crippen molar-refractivity contribution in [1.82, 2.24) is 0 Å². The van der Waals surface area contributed by atoms with Crippen LogP contribution in [0.1, 0.15) is 37.7 Å². The number of aliphatic hydroxyl groups is 1. The molecule has 18 heavy (non-hydrogen) atoms. The van der Waals surface area contributed by atoms with Crippen LogP contribution in [0.25, 0.3) is 0 Å². The molecule has 1 aromatic carbocycles. The van der Waals surface area contributed by atoms with Crippen molar-refractivity contribution in [3.05, 3.63) is 28.2 Å². The first-order chi connectivity index (χ1) is 8.69. The average molecular weight is 313 g/mol. The van der Waals surface area contributed by atoms with E-state index in [9.17, 15) is 5.11 Å². The van der Waals surface area contributed by atoms with Crippen LogP contribution in [0.3, 0.4) is 0 Å². The molecule has 1 atom stereocenters. The second kappa shape index (κ2) is 6.58. The lowest BCUT2D eigenvalue weighted by Crippen LogP contribution is -2.14. The molecule has 2 rings (SSSR count). The van der Waals surface area contributed by atoms with Crippen molar-refractivity contribution >= 4 is 15.9 Å². The van der Waals surface area contributed by atoms with E-state index in [0.29, 0.717) is 0 Å². The van der Waals surface area contributed by atoms with Crippen molar-refractivity contribution in [2.24, 2.45) is 5.92 Å². The summed E-state index contributed by atoms with van der Waals surface area (Å²) in [6.07, 6.45) is 6.74. The lowest BCUT2D eigenvalue weighted by Gasteiger charge is -2.15. The van der Waals surface area contributed by atoms with Crippen molar-refractivity contribution < 1.29 is 9.84 Å². The Morgan fingerprint density at radius 3 is 2.72 bits per heavy atom. The largest absolute Gasteiger partial charge is 0.496 e. The van der Waals surface area contributed by atoms with E-state index in [2.05, 4.69) is 15.9 Å². The van der Waals surface area contributed by atoms with E-state index in [1.165, 1.54) is 25.7 Å². The van der Waals surface area contributed by atoms with E-state index in [1.54, 1.807) is 7.11 Å². The van der Waals surface area contributed by atoms with Crippen LogP contribution in [0.4, 0.5) is 0 Å². The smallest absolute Gasteiger partial charge is 0.133 e. The van der Waals surface area contributed by atoms with E-state index in [-0.39, 0.29) is 6.10 Å². The van der Waals surface area contributed by atoms with Crippen LogP contribution in [-0.4, -0.2) is 18.3 Å². The zero-order valence-corrected chi connectivity index (χ0v) is 12.4. The van der Waals surface area contributed by atoms with Gasteiger partial charge in [-0.15, -0.1) is 0 Å². The van der Waals surface area contributed by atoms with Crippen LogP contribution in [0.15, 0.2) is 22.7 Å². The lowest BCUT2D eigenvalue weighted by atomic mass is 9.96. The number of hydrogen-bond donors (Lipinski definition) is 1. The van der Waals surface area contributed by atoms with Crippen molar-refractivity contribution in [2.45, 2.75) is 44.6 Å². The predicted octanol–water partition coefficient (Wildman–Crippen LogP) is 3.94. The van der Waals surface area contributed by atoms with E-state index in [4.69, 9.17) is 4.74 Å². The quantitative estimate of drug-likeness (QED) is 0.892. The highest BCUT2D eigenvalue weighted by molar-refractivity contribution is 9.10. The molecule has 1 aromatic rings. The van der Waals surface area contributed by atoms with Crippen molar-refractivity contribution in [3.8, 4) is 5.75 Å². The van der Waals surface area contributed by atoms with Crippen LogP contribution < -0.4 is 4.74 Å². The number of benzene rings is 1. The van der Waals surface area contributed by atoms with Gasteiger partial charge in [-0.3, -0.25) is 0 Å². The van der Waals surface area contributed by atoms with E-state index in [0.717, 1.165) is 34.5 Å². The molecule has 1 aliphatic carbocycles. The highest BCUT2D eigenvalue weighted by Crippen LogP contribution is 2.30. The lowest BCUT2D eigenvalue weighted by molar-refractivity contribution is 0.143. The first-order valence-corrected chi connectivity index (χ1v) is 7.49. The molecular formula is C15H21BrO2. The van der Waals surface area contributed by atoms with Gasteiger partial charge in [-0.25, -0.2) is 0 Å². The number of aliphatic hydroxyl groups excluding tert-OH is 1. The number of ether oxygens (including phenoxy) is 1. The van der Waals surface area contributed by atoms with Crippen LogP contribution in [0.5, 0.6) is 5.75 Å². The van der Waals surface area contributed by atoms with Gasteiger partial charge in [0.2, 0.25) is 0 Å². The van der Waals surface area contributed by atoms with Gasteiger partial charge in [0, 0.05) is 0 Å². The summed E-state index contributed by atoms with van der Waals surface area (Å²) in [5.74, 6) is 1.57. The Bertz CT molecular complexity index is 386. The topological polar surface area (TPSA) is 29.5 Å². The Hall–Kier alpha value is -0.540. The van der Waals surface area contributed by atoms with Crippen molar-refractivity contribution in [2.75, 3.05) is 7.11 Å². The molecule has 0 saturated heterocycles. The fourth-order valence-electron chi connectivity index (χ4n) is 2.82. The molecule has 0 spiro atoms. The first kappa shape index (κ1) is 13.9. The molecule has 1 unspecified atom stereocenters. The first-order valence-electron chi connectivity index (χ1n) is 6.69. The molecule has 0 bridgehead atoms. The minimum Gasteiger partial charge on any atom is -0.496 e. The number of hydrogen-bond acceptors (Lipinski definition) is 2. The number of rotatable bonds is 5. The fraction of sp³-hybridized carbons (Fsp3) is 0.600.